The van der Waals surface area contributed by atoms with Crippen LogP contribution in [0.15, 0.2) is 72.9 Å². The van der Waals surface area contributed by atoms with Crippen LogP contribution in [0.1, 0.15) is 348 Å². The third-order valence-electron chi connectivity index (χ3n) is 15.0. The van der Waals surface area contributed by atoms with Gasteiger partial charge in [0.15, 0.2) is 6.10 Å². The molecule has 0 saturated carbocycles. The second-order valence-corrected chi connectivity index (χ2v) is 22.7. The monoisotopic (exact) mass is 1090 g/mol. The quantitative estimate of drug-likeness (QED) is 0.0261. The maximum absolute atomic E-state index is 12.9. The first kappa shape index (κ1) is 74.8. The van der Waals surface area contributed by atoms with Gasteiger partial charge in [-0.25, -0.2) is 0 Å². The molecule has 0 aromatic heterocycles. The first-order valence-electron chi connectivity index (χ1n) is 33.9. The predicted molar refractivity (Wildman–Crippen MR) is 339 cm³/mol. The zero-order chi connectivity index (χ0) is 56.4. The molecule has 78 heavy (non-hydrogen) atoms. The first-order chi connectivity index (χ1) is 38.5. The van der Waals surface area contributed by atoms with E-state index in [9.17, 15) is 14.4 Å². The summed E-state index contributed by atoms with van der Waals surface area (Å²) in [6.45, 7) is 6.53. The molecule has 0 aliphatic rings. The molecule has 0 amide bonds. The third-order valence-corrected chi connectivity index (χ3v) is 15.0. The molecular formula is C72H128O6. The van der Waals surface area contributed by atoms with Gasteiger partial charge in [0.1, 0.15) is 13.2 Å². The number of allylic oxidation sites excluding steroid dienone is 12. The molecule has 452 valence electrons. The summed E-state index contributed by atoms with van der Waals surface area (Å²) in [6, 6.07) is 0. The van der Waals surface area contributed by atoms with Gasteiger partial charge in [0.2, 0.25) is 0 Å². The Morgan fingerprint density at radius 3 is 0.756 bits per heavy atom. The maximum atomic E-state index is 12.9. The van der Waals surface area contributed by atoms with Crippen LogP contribution in [0.5, 0.6) is 0 Å². The minimum absolute atomic E-state index is 0.101. The Bertz CT molecular complexity index is 1440. The maximum Gasteiger partial charge on any atom is 0.306 e. The fraction of sp³-hybridized carbons (Fsp3) is 0.792. The van der Waals surface area contributed by atoms with Gasteiger partial charge >= 0.3 is 17.9 Å². The van der Waals surface area contributed by atoms with Crippen molar-refractivity contribution in [2.75, 3.05) is 13.2 Å². The molecule has 0 aromatic carbocycles. The SMILES string of the molecule is CC/C=C\C/C=C\C/C=C\C/C=C\C/C=C\C/C=C\CCC(=O)OC(COC(=O)CCCCCCCCCCCCCCCCCCCCC)COC(=O)CCCCCCCCCCCCCCCCCCCCCCCC. The van der Waals surface area contributed by atoms with Gasteiger partial charge in [-0.15, -0.1) is 0 Å². The Balaban J connectivity index is 4.41. The van der Waals surface area contributed by atoms with E-state index >= 15 is 0 Å². The molecule has 0 fully saturated rings. The molecule has 0 radical (unpaired) electrons. The van der Waals surface area contributed by atoms with Crippen molar-refractivity contribution in [1.82, 2.24) is 0 Å². The van der Waals surface area contributed by atoms with Gasteiger partial charge in [0, 0.05) is 19.3 Å². The number of hydrogen-bond donors (Lipinski definition) is 0. The highest BCUT2D eigenvalue weighted by Crippen LogP contribution is 2.18. The van der Waals surface area contributed by atoms with Crippen LogP contribution >= 0.6 is 0 Å². The fourth-order valence-electron chi connectivity index (χ4n) is 9.94. The van der Waals surface area contributed by atoms with Crippen LogP contribution in [0.4, 0.5) is 0 Å². The van der Waals surface area contributed by atoms with Crippen molar-refractivity contribution in [3.8, 4) is 0 Å². The lowest BCUT2D eigenvalue weighted by Gasteiger charge is -2.18. The highest BCUT2D eigenvalue weighted by molar-refractivity contribution is 5.71. The number of hydrogen-bond acceptors (Lipinski definition) is 6. The first-order valence-corrected chi connectivity index (χ1v) is 33.9. The fourth-order valence-corrected chi connectivity index (χ4v) is 9.94. The third kappa shape index (κ3) is 63.7. The lowest BCUT2D eigenvalue weighted by molar-refractivity contribution is -0.166. The van der Waals surface area contributed by atoms with Crippen molar-refractivity contribution >= 4 is 17.9 Å². The van der Waals surface area contributed by atoms with Crippen LogP contribution in [0, 0.1) is 0 Å². The summed E-state index contributed by atoms with van der Waals surface area (Å²) in [6.07, 6.45) is 86.5. The van der Waals surface area contributed by atoms with Crippen molar-refractivity contribution in [3.05, 3.63) is 72.9 Å². The van der Waals surface area contributed by atoms with Gasteiger partial charge in [0.05, 0.1) is 0 Å². The second kappa shape index (κ2) is 66.4. The minimum Gasteiger partial charge on any atom is -0.462 e. The molecule has 0 N–H and O–H groups in total. The van der Waals surface area contributed by atoms with Crippen LogP contribution in [-0.2, 0) is 28.6 Å². The normalized spacial score (nSPS) is 12.5. The highest BCUT2D eigenvalue weighted by atomic mass is 16.6. The highest BCUT2D eigenvalue weighted by Gasteiger charge is 2.19. The number of carbonyl (C=O) groups excluding carboxylic acids is 3. The summed E-state index contributed by atoms with van der Waals surface area (Å²) >= 11 is 0. The molecule has 0 bridgehead atoms. The number of ether oxygens (including phenoxy) is 3. The van der Waals surface area contributed by atoms with E-state index in [0.29, 0.717) is 19.3 Å². The van der Waals surface area contributed by atoms with E-state index in [1.54, 1.807) is 0 Å². The second-order valence-electron chi connectivity index (χ2n) is 22.7. The molecule has 0 aromatic rings. The Labute approximate surface area is 484 Å². The van der Waals surface area contributed by atoms with Crippen LogP contribution in [0.2, 0.25) is 0 Å². The molecular weight excluding hydrogens is 961 g/mol. The smallest absolute Gasteiger partial charge is 0.306 e. The lowest BCUT2D eigenvalue weighted by atomic mass is 10.0. The largest absolute Gasteiger partial charge is 0.462 e. The summed E-state index contributed by atoms with van der Waals surface area (Å²) in [5.41, 5.74) is 0. The Morgan fingerprint density at radius 1 is 0.269 bits per heavy atom. The Kier molecular flexibility index (Phi) is 63.7. The molecule has 0 aliphatic carbocycles. The van der Waals surface area contributed by atoms with Crippen molar-refractivity contribution < 1.29 is 28.6 Å². The standard InChI is InChI=1S/C72H128O6/c1-4-7-10-13-16-19-22-25-28-31-34-35-36-39-41-44-47-50-53-56-59-62-65-71(74)77-68-69(78-72(75)66-63-60-57-54-51-48-45-42-38-33-30-27-24-21-18-15-12-9-6-3)67-76-70(73)64-61-58-55-52-49-46-43-40-37-32-29-26-23-20-17-14-11-8-5-2/h9,12,18,21,27,30,38,42,48,51,57,60,69H,4-8,10-11,13-17,19-20,22-26,28-29,31-37,39-41,43-47,49-50,52-56,58-59,61-68H2,1-3H3/b12-9-,21-18-,30-27-,42-38-,51-48-,60-57-. The van der Waals surface area contributed by atoms with Gasteiger partial charge in [-0.3, -0.25) is 14.4 Å². The van der Waals surface area contributed by atoms with Crippen LogP contribution in [-0.4, -0.2) is 37.2 Å². The van der Waals surface area contributed by atoms with E-state index in [4.69, 9.17) is 14.2 Å². The minimum atomic E-state index is -0.815. The molecule has 0 heterocycles. The van der Waals surface area contributed by atoms with E-state index in [2.05, 4.69) is 87.6 Å². The molecule has 0 spiro atoms. The Hall–Kier alpha value is -3.15. The van der Waals surface area contributed by atoms with E-state index < -0.39 is 6.10 Å². The van der Waals surface area contributed by atoms with Crippen LogP contribution in [0.25, 0.3) is 0 Å². The Morgan fingerprint density at radius 2 is 0.500 bits per heavy atom. The van der Waals surface area contributed by atoms with E-state index in [0.717, 1.165) is 77.0 Å². The number of unbranched alkanes of at least 4 members (excludes halogenated alkanes) is 39. The topological polar surface area (TPSA) is 78.9 Å². The summed E-state index contributed by atoms with van der Waals surface area (Å²) in [5, 5.41) is 0. The van der Waals surface area contributed by atoms with Crippen molar-refractivity contribution in [2.45, 2.75) is 354 Å². The van der Waals surface area contributed by atoms with Gasteiger partial charge < -0.3 is 14.2 Å². The van der Waals surface area contributed by atoms with Gasteiger partial charge in [-0.05, 0) is 57.8 Å². The molecule has 6 nitrogen and oxygen atoms in total. The van der Waals surface area contributed by atoms with Gasteiger partial charge in [-0.1, -0.05) is 344 Å². The van der Waals surface area contributed by atoms with Gasteiger partial charge in [0.25, 0.3) is 0 Å². The van der Waals surface area contributed by atoms with Crippen molar-refractivity contribution in [1.29, 1.82) is 0 Å². The molecule has 1 atom stereocenters. The number of rotatable bonds is 62. The van der Waals surface area contributed by atoms with Crippen LogP contribution in [0.3, 0.4) is 0 Å². The van der Waals surface area contributed by atoms with Crippen molar-refractivity contribution in [2.24, 2.45) is 0 Å². The van der Waals surface area contributed by atoms with E-state index in [1.807, 2.05) is 6.08 Å². The number of carbonyl (C=O) groups is 3. The van der Waals surface area contributed by atoms with E-state index in [-0.39, 0.29) is 37.5 Å². The molecule has 0 saturated heterocycles. The average Bonchev–Trinajstić information content (AvgIpc) is 3.44. The van der Waals surface area contributed by atoms with Crippen LogP contribution < -0.4 is 0 Å². The molecule has 0 aliphatic heterocycles. The lowest BCUT2D eigenvalue weighted by Crippen LogP contribution is -2.30. The zero-order valence-electron chi connectivity index (χ0n) is 51.9. The van der Waals surface area contributed by atoms with E-state index in [1.165, 1.54) is 225 Å². The summed E-state index contributed by atoms with van der Waals surface area (Å²) in [4.78, 5) is 38.4. The summed E-state index contributed by atoms with van der Waals surface area (Å²) in [7, 11) is 0. The van der Waals surface area contributed by atoms with Crippen molar-refractivity contribution in [3.63, 3.8) is 0 Å². The zero-order valence-corrected chi connectivity index (χ0v) is 51.9. The molecule has 6 heteroatoms. The van der Waals surface area contributed by atoms with Gasteiger partial charge in [-0.2, -0.15) is 0 Å². The summed E-state index contributed by atoms with van der Waals surface area (Å²) in [5.74, 6) is -0.963. The summed E-state index contributed by atoms with van der Waals surface area (Å²) < 4.78 is 16.9. The number of esters is 3. The molecule has 0 rings (SSSR count). The predicted octanol–water partition coefficient (Wildman–Crippen LogP) is 23.3. The molecule has 1 unspecified atom stereocenters. The average molecular weight is 1090 g/mol.